The highest BCUT2D eigenvalue weighted by atomic mass is 35.5. The highest BCUT2D eigenvalue weighted by Crippen LogP contribution is 2.26. The van der Waals surface area contributed by atoms with E-state index in [4.69, 9.17) is 27.9 Å². The van der Waals surface area contributed by atoms with Crippen molar-refractivity contribution >= 4 is 40.8 Å². The van der Waals surface area contributed by atoms with Crippen LogP contribution in [0.4, 0.5) is 5.69 Å². The molecule has 0 atom stereocenters. The molecule has 0 spiro atoms. The zero-order valence-corrected chi connectivity index (χ0v) is 18.2. The van der Waals surface area contributed by atoms with Crippen molar-refractivity contribution in [3.63, 3.8) is 0 Å². The number of hydrogen-bond acceptors (Lipinski definition) is 3. The Bertz CT molecular complexity index is 1060. The lowest BCUT2D eigenvalue weighted by Crippen LogP contribution is -2.30. The minimum absolute atomic E-state index is 0.173. The molecule has 0 aliphatic rings. The lowest BCUT2D eigenvalue weighted by Gasteiger charge is -2.24. The first-order valence-corrected chi connectivity index (χ1v) is 10.2. The quantitative estimate of drug-likeness (QED) is 0.420. The zero-order valence-electron chi connectivity index (χ0n) is 16.7. The Balaban J connectivity index is 1.98. The fraction of sp³-hybridized carbons (Fsp3) is 0.167. The Morgan fingerprint density at radius 1 is 0.933 bits per heavy atom. The Labute approximate surface area is 186 Å². The van der Waals surface area contributed by atoms with Crippen molar-refractivity contribution in [2.24, 2.45) is 0 Å². The third-order valence-electron chi connectivity index (χ3n) is 4.54. The van der Waals surface area contributed by atoms with E-state index in [-0.39, 0.29) is 12.5 Å². The number of esters is 1. The minimum Gasteiger partial charge on any atom is -0.462 e. The van der Waals surface area contributed by atoms with Crippen molar-refractivity contribution in [2.75, 3.05) is 11.5 Å². The second kappa shape index (κ2) is 9.79. The van der Waals surface area contributed by atoms with Gasteiger partial charge in [0, 0.05) is 21.3 Å². The molecule has 0 bridgehead atoms. The van der Waals surface area contributed by atoms with E-state index in [1.165, 1.54) is 0 Å². The van der Waals surface area contributed by atoms with Gasteiger partial charge in [-0.25, -0.2) is 4.79 Å². The first-order chi connectivity index (χ1) is 14.4. The van der Waals surface area contributed by atoms with Gasteiger partial charge in [-0.05, 0) is 67.9 Å². The van der Waals surface area contributed by atoms with Crippen molar-refractivity contribution < 1.29 is 14.3 Å². The molecule has 3 aromatic carbocycles. The molecular formula is C24H21Cl2NO3. The van der Waals surface area contributed by atoms with Crippen LogP contribution in [0.2, 0.25) is 10.0 Å². The van der Waals surface area contributed by atoms with E-state index in [1.807, 2.05) is 25.1 Å². The number of rotatable bonds is 6. The van der Waals surface area contributed by atoms with E-state index in [2.05, 4.69) is 0 Å². The average Bonchev–Trinajstić information content (AvgIpc) is 2.73. The summed E-state index contributed by atoms with van der Waals surface area (Å²) in [6.07, 6.45) is 0. The molecule has 0 saturated carbocycles. The number of carbonyl (C=O) groups excluding carboxylic acids is 2. The van der Waals surface area contributed by atoms with Crippen molar-refractivity contribution in [1.29, 1.82) is 0 Å². The average molecular weight is 442 g/mol. The summed E-state index contributed by atoms with van der Waals surface area (Å²) >= 11 is 12.4. The van der Waals surface area contributed by atoms with Crippen LogP contribution in [0.15, 0.2) is 66.7 Å². The van der Waals surface area contributed by atoms with Gasteiger partial charge in [-0.15, -0.1) is 0 Å². The molecule has 1 amide bonds. The monoisotopic (exact) mass is 441 g/mol. The standard InChI is InChI=1S/C24H21Cl2NO3/c1-3-30-24(29)17-8-11-21(12-9-17)27(15-19-7-10-20(25)14-22(19)26)23(28)18-6-4-5-16(2)13-18/h4-14H,3,15H2,1-2H3. The normalized spacial score (nSPS) is 10.5. The number of anilines is 1. The molecule has 0 unspecified atom stereocenters. The van der Waals surface area contributed by atoms with Crippen LogP contribution in [-0.2, 0) is 11.3 Å². The second-order valence-electron chi connectivity index (χ2n) is 6.76. The van der Waals surface area contributed by atoms with Gasteiger partial charge in [-0.1, -0.05) is 47.0 Å². The van der Waals surface area contributed by atoms with Gasteiger partial charge in [0.25, 0.3) is 5.91 Å². The molecular weight excluding hydrogens is 421 g/mol. The third kappa shape index (κ3) is 5.21. The van der Waals surface area contributed by atoms with Crippen LogP contribution < -0.4 is 4.90 Å². The van der Waals surface area contributed by atoms with Crippen LogP contribution in [0.3, 0.4) is 0 Å². The second-order valence-corrected chi connectivity index (χ2v) is 7.61. The maximum atomic E-state index is 13.4. The van der Waals surface area contributed by atoms with Crippen LogP contribution in [0.1, 0.15) is 38.8 Å². The lowest BCUT2D eigenvalue weighted by molar-refractivity contribution is 0.0526. The summed E-state index contributed by atoms with van der Waals surface area (Å²) in [5, 5.41) is 1.01. The van der Waals surface area contributed by atoms with Gasteiger partial charge in [0.15, 0.2) is 0 Å². The van der Waals surface area contributed by atoms with Crippen LogP contribution >= 0.6 is 23.2 Å². The molecule has 0 aliphatic heterocycles. The molecule has 0 saturated heterocycles. The SMILES string of the molecule is CCOC(=O)c1ccc(N(Cc2ccc(Cl)cc2Cl)C(=O)c2cccc(C)c2)cc1. The summed E-state index contributed by atoms with van der Waals surface area (Å²) in [4.78, 5) is 26.9. The summed E-state index contributed by atoms with van der Waals surface area (Å²) in [6.45, 7) is 4.24. The van der Waals surface area contributed by atoms with Crippen molar-refractivity contribution in [1.82, 2.24) is 0 Å². The van der Waals surface area contributed by atoms with Crippen LogP contribution in [0.25, 0.3) is 0 Å². The number of halogens is 2. The summed E-state index contributed by atoms with van der Waals surface area (Å²) < 4.78 is 5.03. The van der Waals surface area contributed by atoms with Gasteiger partial charge in [0.05, 0.1) is 18.7 Å². The van der Waals surface area contributed by atoms with E-state index in [0.717, 1.165) is 11.1 Å². The first kappa shape index (κ1) is 21.9. The molecule has 0 aromatic heterocycles. The van der Waals surface area contributed by atoms with E-state index >= 15 is 0 Å². The summed E-state index contributed by atoms with van der Waals surface area (Å²) in [5.74, 6) is -0.574. The molecule has 154 valence electrons. The van der Waals surface area contributed by atoms with Gasteiger partial charge < -0.3 is 9.64 Å². The predicted molar refractivity (Wildman–Crippen MR) is 121 cm³/mol. The van der Waals surface area contributed by atoms with E-state index in [0.29, 0.717) is 33.5 Å². The topological polar surface area (TPSA) is 46.6 Å². The number of aryl methyl sites for hydroxylation is 1. The number of carbonyl (C=O) groups is 2. The fourth-order valence-electron chi connectivity index (χ4n) is 3.03. The zero-order chi connectivity index (χ0) is 21.7. The van der Waals surface area contributed by atoms with Crippen molar-refractivity contribution in [3.05, 3.63) is 99.0 Å². The minimum atomic E-state index is -0.402. The fourth-order valence-corrected chi connectivity index (χ4v) is 3.49. The maximum Gasteiger partial charge on any atom is 0.338 e. The molecule has 6 heteroatoms. The van der Waals surface area contributed by atoms with E-state index in [1.54, 1.807) is 60.4 Å². The highest BCUT2D eigenvalue weighted by Gasteiger charge is 2.20. The number of amides is 1. The summed E-state index contributed by atoms with van der Waals surface area (Å²) in [6, 6.07) is 19.3. The van der Waals surface area contributed by atoms with Crippen molar-refractivity contribution in [3.8, 4) is 0 Å². The molecule has 3 rings (SSSR count). The highest BCUT2D eigenvalue weighted by molar-refractivity contribution is 6.35. The number of ether oxygens (including phenoxy) is 1. The Morgan fingerprint density at radius 3 is 2.30 bits per heavy atom. The van der Waals surface area contributed by atoms with Gasteiger partial charge in [0.1, 0.15) is 0 Å². The van der Waals surface area contributed by atoms with Gasteiger partial charge in [0.2, 0.25) is 0 Å². The van der Waals surface area contributed by atoms with Crippen LogP contribution in [0.5, 0.6) is 0 Å². The maximum absolute atomic E-state index is 13.4. The molecule has 4 nitrogen and oxygen atoms in total. The lowest BCUT2D eigenvalue weighted by atomic mass is 10.1. The number of nitrogens with zero attached hydrogens (tertiary/aromatic N) is 1. The Morgan fingerprint density at radius 2 is 1.67 bits per heavy atom. The number of benzene rings is 3. The largest absolute Gasteiger partial charge is 0.462 e. The van der Waals surface area contributed by atoms with Gasteiger partial charge >= 0.3 is 5.97 Å². The molecule has 0 radical (unpaired) electrons. The van der Waals surface area contributed by atoms with E-state index in [9.17, 15) is 9.59 Å². The number of hydrogen-bond donors (Lipinski definition) is 0. The predicted octanol–water partition coefficient (Wildman–Crippen LogP) is 6.33. The third-order valence-corrected chi connectivity index (χ3v) is 5.13. The summed E-state index contributed by atoms with van der Waals surface area (Å²) in [7, 11) is 0. The van der Waals surface area contributed by atoms with Gasteiger partial charge in [-0.2, -0.15) is 0 Å². The summed E-state index contributed by atoms with van der Waals surface area (Å²) in [5.41, 5.74) is 3.38. The van der Waals surface area contributed by atoms with E-state index < -0.39 is 5.97 Å². The van der Waals surface area contributed by atoms with Crippen LogP contribution in [-0.4, -0.2) is 18.5 Å². The Hall–Kier alpha value is -2.82. The van der Waals surface area contributed by atoms with Crippen molar-refractivity contribution in [2.45, 2.75) is 20.4 Å². The smallest absolute Gasteiger partial charge is 0.338 e. The van der Waals surface area contributed by atoms with Crippen LogP contribution in [0, 0.1) is 6.92 Å². The molecule has 0 fully saturated rings. The molecule has 0 N–H and O–H groups in total. The molecule has 0 heterocycles. The van der Waals surface area contributed by atoms with Gasteiger partial charge in [-0.3, -0.25) is 4.79 Å². The Kier molecular flexibility index (Phi) is 7.14. The molecule has 30 heavy (non-hydrogen) atoms. The molecule has 3 aromatic rings. The molecule has 0 aliphatic carbocycles. The first-order valence-electron chi connectivity index (χ1n) is 9.48.